The fourth-order valence-electron chi connectivity index (χ4n) is 1.08. The Bertz CT molecular complexity index is 430. The molecule has 0 bridgehead atoms. The number of carbonyl (C=O) groups excluding carboxylic acids is 1. The number of likely N-dealkylation sites (N-methyl/N-ethyl adjacent to an activating group) is 1. The van der Waals surface area contributed by atoms with Gasteiger partial charge >= 0.3 is 5.97 Å². The third-order valence-corrected chi connectivity index (χ3v) is 4.04. The highest BCUT2D eigenvalue weighted by Crippen LogP contribution is 2.28. The van der Waals surface area contributed by atoms with E-state index in [0.29, 0.717) is 9.90 Å². The molecule has 0 saturated heterocycles. The number of carboxylic acids is 1. The predicted octanol–water partition coefficient (Wildman–Crippen LogP) is 2.26. The lowest BCUT2D eigenvalue weighted by molar-refractivity contribution is -0.141. The summed E-state index contributed by atoms with van der Waals surface area (Å²) in [6.45, 7) is 3.25. The van der Waals surface area contributed by atoms with Crippen LogP contribution in [0.4, 0.5) is 0 Å². The number of hydrogen-bond donors (Lipinski definition) is 1. The molecule has 1 unspecified atom stereocenters. The molecule has 0 radical (unpaired) electrons. The molecule has 6 heteroatoms. The third-order valence-electron chi connectivity index (χ3n) is 2.35. The first-order chi connectivity index (χ1) is 7.36. The lowest BCUT2D eigenvalue weighted by Gasteiger charge is -2.20. The van der Waals surface area contributed by atoms with Gasteiger partial charge in [-0.3, -0.25) is 4.79 Å². The maximum Gasteiger partial charge on any atom is 0.326 e. The molecule has 16 heavy (non-hydrogen) atoms. The molecule has 1 N–H and O–H groups in total. The van der Waals surface area contributed by atoms with Gasteiger partial charge in [0.1, 0.15) is 10.9 Å². The summed E-state index contributed by atoms with van der Waals surface area (Å²) in [5.74, 6) is -1.40. The Hall–Kier alpha value is -1.07. The summed E-state index contributed by atoms with van der Waals surface area (Å²) in [6, 6.07) is -0.869. The molecule has 0 aliphatic heterocycles. The van der Waals surface area contributed by atoms with Crippen LogP contribution in [0.2, 0.25) is 5.02 Å². The molecule has 0 saturated carbocycles. The first-order valence-electron chi connectivity index (χ1n) is 4.59. The quantitative estimate of drug-likeness (QED) is 0.908. The number of aryl methyl sites for hydroxylation is 1. The largest absolute Gasteiger partial charge is 0.480 e. The van der Waals surface area contributed by atoms with Gasteiger partial charge in [-0.05, 0) is 24.8 Å². The highest BCUT2D eigenvalue weighted by atomic mass is 35.5. The van der Waals surface area contributed by atoms with Gasteiger partial charge in [0.25, 0.3) is 5.91 Å². The van der Waals surface area contributed by atoms with E-state index in [2.05, 4.69) is 0 Å². The third kappa shape index (κ3) is 2.36. The number of halogens is 1. The molecule has 1 aromatic rings. The number of thiophene rings is 1. The lowest BCUT2D eigenvalue weighted by Crippen LogP contribution is -2.40. The molecular formula is C10H12ClNO3S. The van der Waals surface area contributed by atoms with E-state index in [9.17, 15) is 9.59 Å². The molecule has 1 rings (SSSR count). The normalized spacial score (nSPS) is 12.2. The highest BCUT2D eigenvalue weighted by Gasteiger charge is 2.25. The summed E-state index contributed by atoms with van der Waals surface area (Å²) in [4.78, 5) is 24.2. The molecule has 0 aliphatic carbocycles. The Balaban J connectivity index is 2.95. The van der Waals surface area contributed by atoms with E-state index in [1.165, 1.54) is 30.2 Å². The molecular weight excluding hydrogens is 250 g/mol. The molecule has 0 aliphatic rings. The fraction of sp³-hybridized carbons (Fsp3) is 0.400. The number of carbonyl (C=O) groups is 2. The van der Waals surface area contributed by atoms with E-state index in [4.69, 9.17) is 16.7 Å². The van der Waals surface area contributed by atoms with Crippen LogP contribution in [0.25, 0.3) is 0 Å². The molecule has 0 spiro atoms. The van der Waals surface area contributed by atoms with E-state index < -0.39 is 12.0 Å². The minimum Gasteiger partial charge on any atom is -0.480 e. The smallest absolute Gasteiger partial charge is 0.326 e. The van der Waals surface area contributed by atoms with Gasteiger partial charge in [-0.1, -0.05) is 11.6 Å². The van der Waals surface area contributed by atoms with Crippen molar-refractivity contribution in [2.45, 2.75) is 19.9 Å². The van der Waals surface area contributed by atoms with Crippen LogP contribution >= 0.6 is 22.9 Å². The van der Waals surface area contributed by atoms with E-state index in [1.807, 2.05) is 0 Å². The zero-order valence-corrected chi connectivity index (χ0v) is 10.7. The number of carboxylic acid groups (broad SMARTS) is 1. The maximum absolute atomic E-state index is 11.9. The number of amides is 1. The summed E-state index contributed by atoms with van der Waals surface area (Å²) in [5, 5.41) is 11.0. The standard InChI is InChI=1S/C10H12ClNO3S/c1-5-4-16-8(7(5)11)9(13)12(3)6(2)10(14)15/h4,6H,1-3H3,(H,14,15). The number of hydrogen-bond acceptors (Lipinski definition) is 3. The van der Waals surface area contributed by atoms with Crippen LogP contribution < -0.4 is 0 Å². The van der Waals surface area contributed by atoms with Crippen molar-refractivity contribution in [1.82, 2.24) is 4.90 Å². The van der Waals surface area contributed by atoms with Crippen LogP contribution in [0, 0.1) is 6.92 Å². The first-order valence-corrected chi connectivity index (χ1v) is 5.85. The molecule has 4 nitrogen and oxygen atoms in total. The summed E-state index contributed by atoms with van der Waals surface area (Å²) in [6.07, 6.45) is 0. The van der Waals surface area contributed by atoms with Gasteiger partial charge in [0.15, 0.2) is 0 Å². The van der Waals surface area contributed by atoms with Gasteiger partial charge in [-0.15, -0.1) is 11.3 Å². The lowest BCUT2D eigenvalue weighted by atomic mass is 10.2. The van der Waals surface area contributed by atoms with E-state index in [0.717, 1.165) is 5.56 Å². The van der Waals surface area contributed by atoms with E-state index in [1.54, 1.807) is 12.3 Å². The molecule has 1 amide bonds. The van der Waals surface area contributed by atoms with Gasteiger partial charge in [0, 0.05) is 7.05 Å². The van der Waals surface area contributed by atoms with Crippen LogP contribution in [0.3, 0.4) is 0 Å². The van der Waals surface area contributed by atoms with Crippen molar-refractivity contribution in [3.63, 3.8) is 0 Å². The molecule has 0 aromatic carbocycles. The van der Waals surface area contributed by atoms with Crippen molar-refractivity contribution in [3.05, 3.63) is 20.8 Å². The number of nitrogens with zero attached hydrogens (tertiary/aromatic N) is 1. The minimum atomic E-state index is -1.04. The summed E-state index contributed by atoms with van der Waals surface area (Å²) in [5.41, 5.74) is 0.825. The summed E-state index contributed by atoms with van der Waals surface area (Å²) in [7, 11) is 1.45. The van der Waals surface area contributed by atoms with Crippen molar-refractivity contribution in [2.24, 2.45) is 0 Å². The second-order valence-corrected chi connectivity index (χ2v) is 4.75. The summed E-state index contributed by atoms with van der Waals surface area (Å²) < 4.78 is 0. The van der Waals surface area contributed by atoms with Crippen LogP contribution in [0.5, 0.6) is 0 Å². The van der Waals surface area contributed by atoms with Crippen molar-refractivity contribution >= 4 is 34.8 Å². The van der Waals surface area contributed by atoms with Gasteiger partial charge in [0.2, 0.25) is 0 Å². The zero-order chi connectivity index (χ0) is 12.5. The minimum absolute atomic E-state index is 0.363. The fourth-order valence-corrected chi connectivity index (χ4v) is 2.33. The van der Waals surface area contributed by atoms with Crippen LogP contribution in [-0.4, -0.2) is 35.0 Å². The zero-order valence-electron chi connectivity index (χ0n) is 9.15. The highest BCUT2D eigenvalue weighted by molar-refractivity contribution is 7.13. The topological polar surface area (TPSA) is 57.6 Å². The van der Waals surface area contributed by atoms with Crippen molar-refractivity contribution in [3.8, 4) is 0 Å². The van der Waals surface area contributed by atoms with Crippen molar-refractivity contribution in [2.75, 3.05) is 7.05 Å². The maximum atomic E-state index is 11.9. The van der Waals surface area contributed by atoms with Crippen molar-refractivity contribution in [1.29, 1.82) is 0 Å². The Morgan fingerprint density at radius 1 is 1.56 bits per heavy atom. The molecule has 1 heterocycles. The number of aliphatic carboxylic acids is 1. The SMILES string of the molecule is Cc1csc(C(=O)N(C)C(C)C(=O)O)c1Cl. The van der Waals surface area contributed by atoms with Crippen LogP contribution in [0.15, 0.2) is 5.38 Å². The Labute approximate surface area is 102 Å². The second-order valence-electron chi connectivity index (χ2n) is 3.49. The van der Waals surface area contributed by atoms with Crippen LogP contribution in [-0.2, 0) is 4.79 Å². The van der Waals surface area contributed by atoms with Crippen LogP contribution in [0.1, 0.15) is 22.2 Å². The number of rotatable bonds is 3. The van der Waals surface area contributed by atoms with E-state index in [-0.39, 0.29) is 5.91 Å². The molecule has 0 fully saturated rings. The van der Waals surface area contributed by atoms with Gasteiger partial charge in [-0.25, -0.2) is 4.79 Å². The first kappa shape index (κ1) is 13.0. The second kappa shape index (κ2) is 4.84. The van der Waals surface area contributed by atoms with Gasteiger partial charge < -0.3 is 10.0 Å². The average Bonchev–Trinajstić information content (AvgIpc) is 2.56. The van der Waals surface area contributed by atoms with E-state index >= 15 is 0 Å². The monoisotopic (exact) mass is 261 g/mol. The molecule has 1 atom stereocenters. The Morgan fingerprint density at radius 2 is 2.12 bits per heavy atom. The average molecular weight is 262 g/mol. The Morgan fingerprint density at radius 3 is 2.50 bits per heavy atom. The van der Waals surface area contributed by atoms with Gasteiger partial charge in [-0.2, -0.15) is 0 Å². The summed E-state index contributed by atoms with van der Waals surface area (Å²) >= 11 is 7.17. The molecule has 1 aromatic heterocycles. The predicted molar refractivity (Wildman–Crippen MR) is 63.3 cm³/mol. The van der Waals surface area contributed by atoms with Gasteiger partial charge in [0.05, 0.1) is 5.02 Å². The molecule has 88 valence electrons. The Kier molecular flexibility index (Phi) is 3.93. The van der Waals surface area contributed by atoms with Crippen molar-refractivity contribution < 1.29 is 14.7 Å².